The van der Waals surface area contributed by atoms with Crippen LogP contribution in [0.25, 0.3) is 0 Å². The number of rotatable bonds is 13. The molecule has 0 unspecified atom stereocenters. The minimum absolute atomic E-state index is 0.0614. The SMILES string of the molecule is CC(=O)O.CCCC(=O)NCCCC[C@@H]1NC(=O)[C@@H](Cc2ccccc2)NC(=O)[C@H](C)NC(=O)CNC(=O)[C@H](CCCN=C(N)N)NC1=O. The van der Waals surface area contributed by atoms with Gasteiger partial charge in [-0.15, -0.1) is 0 Å². The fourth-order valence-electron chi connectivity index (χ4n) is 4.61. The van der Waals surface area contributed by atoms with Crippen molar-refractivity contribution in [3.8, 4) is 0 Å². The van der Waals surface area contributed by atoms with E-state index in [1.807, 2.05) is 13.0 Å². The number of aliphatic imine (C=N–C) groups is 1. The molecule has 1 aliphatic heterocycles. The van der Waals surface area contributed by atoms with E-state index in [1.54, 1.807) is 24.3 Å². The lowest BCUT2D eigenvalue weighted by Gasteiger charge is -2.25. The van der Waals surface area contributed by atoms with E-state index in [0.29, 0.717) is 32.2 Å². The number of unbranched alkanes of at least 4 members (excludes halogenated alkanes) is 1. The van der Waals surface area contributed by atoms with E-state index in [1.165, 1.54) is 6.92 Å². The molecule has 0 bridgehead atoms. The van der Waals surface area contributed by atoms with Crippen molar-refractivity contribution in [2.45, 2.75) is 96.3 Å². The van der Waals surface area contributed by atoms with Gasteiger partial charge >= 0.3 is 0 Å². The third kappa shape index (κ3) is 18.6. The Labute approximate surface area is 286 Å². The summed E-state index contributed by atoms with van der Waals surface area (Å²) in [5, 5.41) is 23.4. The van der Waals surface area contributed by atoms with E-state index < -0.39 is 66.2 Å². The normalized spacial score (nSPS) is 20.3. The van der Waals surface area contributed by atoms with Crippen LogP contribution in [0.3, 0.4) is 0 Å². The number of benzene rings is 1. The smallest absolute Gasteiger partial charge is 0.300 e. The Balaban J connectivity index is 0.00000283. The number of nitrogens with two attached hydrogens (primary N) is 2. The molecular formula is C32H51N9O8. The maximum absolute atomic E-state index is 13.6. The first-order valence-corrected chi connectivity index (χ1v) is 16.3. The summed E-state index contributed by atoms with van der Waals surface area (Å²) in [7, 11) is 0. The number of aliphatic carboxylic acids is 1. The molecule has 0 saturated carbocycles. The quantitative estimate of drug-likeness (QED) is 0.0660. The lowest BCUT2D eigenvalue weighted by Crippen LogP contribution is -2.57. The Hall–Kier alpha value is -5.22. The maximum atomic E-state index is 13.6. The highest BCUT2D eigenvalue weighted by atomic mass is 16.4. The van der Waals surface area contributed by atoms with Crippen LogP contribution >= 0.6 is 0 Å². The van der Waals surface area contributed by atoms with Crippen LogP contribution in [-0.2, 0) is 40.0 Å². The topological polar surface area (TPSA) is 276 Å². The molecule has 1 heterocycles. The summed E-state index contributed by atoms with van der Waals surface area (Å²) in [6.07, 6.45) is 2.98. The van der Waals surface area contributed by atoms with Crippen molar-refractivity contribution in [1.29, 1.82) is 0 Å². The molecule has 4 atom stereocenters. The van der Waals surface area contributed by atoms with Gasteiger partial charge in [0.2, 0.25) is 35.4 Å². The zero-order valence-electron chi connectivity index (χ0n) is 28.4. The molecule has 6 amide bonds. The van der Waals surface area contributed by atoms with Gasteiger partial charge in [-0.3, -0.25) is 38.6 Å². The van der Waals surface area contributed by atoms with Gasteiger partial charge in [0.15, 0.2) is 5.96 Å². The van der Waals surface area contributed by atoms with Crippen molar-refractivity contribution < 1.29 is 38.7 Å². The number of carbonyl (C=O) groups is 7. The summed E-state index contributed by atoms with van der Waals surface area (Å²) in [4.78, 5) is 90.5. The molecule has 1 aromatic rings. The summed E-state index contributed by atoms with van der Waals surface area (Å²) < 4.78 is 0. The number of carboxylic acids is 1. The molecule has 17 heteroatoms. The summed E-state index contributed by atoms with van der Waals surface area (Å²) >= 11 is 0. The van der Waals surface area contributed by atoms with E-state index >= 15 is 0 Å². The molecule has 0 radical (unpaired) electrons. The van der Waals surface area contributed by atoms with Crippen LogP contribution in [0.5, 0.6) is 0 Å². The highest BCUT2D eigenvalue weighted by molar-refractivity contribution is 5.97. The second-order valence-corrected chi connectivity index (χ2v) is 11.4. The Morgan fingerprint density at radius 3 is 2.04 bits per heavy atom. The maximum Gasteiger partial charge on any atom is 0.300 e. The lowest BCUT2D eigenvalue weighted by atomic mass is 10.0. The predicted molar refractivity (Wildman–Crippen MR) is 182 cm³/mol. The van der Waals surface area contributed by atoms with Gasteiger partial charge in [-0.1, -0.05) is 37.3 Å². The highest BCUT2D eigenvalue weighted by Crippen LogP contribution is 2.09. The van der Waals surface area contributed by atoms with E-state index in [9.17, 15) is 28.8 Å². The van der Waals surface area contributed by atoms with E-state index in [2.05, 4.69) is 36.9 Å². The van der Waals surface area contributed by atoms with E-state index in [0.717, 1.165) is 18.9 Å². The molecule has 1 saturated heterocycles. The van der Waals surface area contributed by atoms with Gasteiger partial charge in [-0.25, -0.2) is 0 Å². The van der Waals surface area contributed by atoms with E-state index in [-0.39, 0.29) is 37.7 Å². The Morgan fingerprint density at radius 1 is 0.857 bits per heavy atom. The van der Waals surface area contributed by atoms with Crippen LogP contribution in [0, 0.1) is 0 Å². The van der Waals surface area contributed by atoms with Crippen molar-refractivity contribution in [2.24, 2.45) is 16.5 Å². The van der Waals surface area contributed by atoms with Crippen molar-refractivity contribution in [1.82, 2.24) is 31.9 Å². The lowest BCUT2D eigenvalue weighted by molar-refractivity contribution is -0.134. The van der Waals surface area contributed by atoms with Crippen molar-refractivity contribution in [3.63, 3.8) is 0 Å². The first-order valence-electron chi connectivity index (χ1n) is 16.3. The number of hydrogen-bond donors (Lipinski definition) is 9. The second kappa shape index (κ2) is 23.2. The van der Waals surface area contributed by atoms with Crippen molar-refractivity contribution >= 4 is 47.4 Å². The third-order valence-corrected chi connectivity index (χ3v) is 7.04. The molecule has 17 nitrogen and oxygen atoms in total. The van der Waals surface area contributed by atoms with Gasteiger partial charge in [0.1, 0.15) is 24.2 Å². The molecule has 11 N–H and O–H groups in total. The van der Waals surface area contributed by atoms with Crippen LogP contribution < -0.4 is 43.4 Å². The van der Waals surface area contributed by atoms with Crippen molar-refractivity contribution in [2.75, 3.05) is 19.6 Å². The number of hydrogen-bond acceptors (Lipinski definition) is 8. The molecule has 2 rings (SSSR count). The molecule has 1 aliphatic rings. The summed E-state index contributed by atoms with van der Waals surface area (Å²) in [6, 6.07) is 4.84. The van der Waals surface area contributed by atoms with Crippen LogP contribution in [0.15, 0.2) is 35.3 Å². The van der Waals surface area contributed by atoms with Gasteiger partial charge in [0, 0.05) is 32.9 Å². The van der Waals surface area contributed by atoms with Gasteiger partial charge in [0.25, 0.3) is 5.97 Å². The zero-order valence-corrected chi connectivity index (χ0v) is 28.4. The predicted octanol–water partition coefficient (Wildman–Crippen LogP) is -1.45. The van der Waals surface area contributed by atoms with Gasteiger partial charge in [-0.2, -0.15) is 0 Å². The average Bonchev–Trinajstić information content (AvgIpc) is 3.03. The zero-order chi connectivity index (χ0) is 36.8. The fraction of sp³-hybridized carbons (Fsp3) is 0.562. The molecule has 0 aromatic heterocycles. The monoisotopic (exact) mass is 689 g/mol. The number of amides is 6. The number of nitrogens with one attached hydrogen (secondary N) is 6. The highest BCUT2D eigenvalue weighted by Gasteiger charge is 2.31. The van der Waals surface area contributed by atoms with Crippen molar-refractivity contribution in [3.05, 3.63) is 35.9 Å². The molecule has 0 aliphatic carbocycles. The number of guanidine groups is 1. The van der Waals surface area contributed by atoms with Crippen LogP contribution in [0.2, 0.25) is 0 Å². The molecule has 1 fully saturated rings. The Bertz CT molecular complexity index is 1280. The third-order valence-electron chi connectivity index (χ3n) is 7.04. The van der Waals surface area contributed by atoms with Crippen LogP contribution in [0.4, 0.5) is 0 Å². The first kappa shape index (κ1) is 41.8. The average molecular weight is 690 g/mol. The molecule has 1 aromatic carbocycles. The summed E-state index contributed by atoms with van der Waals surface area (Å²) in [6.45, 7) is 4.63. The minimum atomic E-state index is -1.07. The van der Waals surface area contributed by atoms with Crippen LogP contribution in [0.1, 0.15) is 71.3 Å². The van der Waals surface area contributed by atoms with Gasteiger partial charge in [-0.05, 0) is 51.0 Å². The number of carboxylic acid groups (broad SMARTS) is 1. The standard InChI is InChI=1S/C30H47N9O6.C2H4O2/c1-3-10-24(40)33-15-8-7-13-22-28(44)37-21(14-9-16-34-30(31)32)27(43)35-18-25(41)36-19(2)26(42)39-23(29(45)38-22)17-20-11-5-4-6-12-20;1-2(3)4/h4-6,11-12,19,21-23H,3,7-10,13-18H2,1-2H3,(H,33,40)(H,35,43)(H,36,41)(H,37,44)(H,38,45)(H,39,42)(H4,31,32,34);1H3,(H,3,4)/t19-,21-,22-,23+;/m0./s1. The number of carbonyl (C=O) groups excluding carboxylic acids is 6. The Kier molecular flexibility index (Phi) is 19.8. The van der Waals surface area contributed by atoms with E-state index in [4.69, 9.17) is 21.4 Å². The molecule has 0 spiro atoms. The van der Waals surface area contributed by atoms with Gasteiger partial charge < -0.3 is 48.5 Å². The number of nitrogens with zero attached hydrogens (tertiary/aromatic N) is 1. The molecule has 49 heavy (non-hydrogen) atoms. The minimum Gasteiger partial charge on any atom is -0.481 e. The largest absolute Gasteiger partial charge is 0.481 e. The van der Waals surface area contributed by atoms with Crippen LogP contribution in [-0.4, -0.2) is 96.3 Å². The summed E-state index contributed by atoms with van der Waals surface area (Å²) in [5.74, 6) is -4.09. The second-order valence-electron chi connectivity index (χ2n) is 11.4. The van der Waals surface area contributed by atoms with Gasteiger partial charge in [0.05, 0.1) is 6.54 Å². The summed E-state index contributed by atoms with van der Waals surface area (Å²) in [5.41, 5.74) is 11.5. The molecular weight excluding hydrogens is 638 g/mol. The Morgan fingerprint density at radius 2 is 1.43 bits per heavy atom. The molecule has 272 valence electrons. The first-order chi connectivity index (χ1) is 23.2. The fourth-order valence-corrected chi connectivity index (χ4v) is 4.61.